The predicted octanol–water partition coefficient (Wildman–Crippen LogP) is 0.915. The Morgan fingerprint density at radius 1 is 1.28 bits per heavy atom. The van der Waals surface area contributed by atoms with Gasteiger partial charge in [-0.2, -0.15) is 18.2 Å². The molecule has 12 nitrogen and oxygen atoms in total. The summed E-state index contributed by atoms with van der Waals surface area (Å²) in [6, 6.07) is 1.25. The van der Waals surface area contributed by atoms with Crippen LogP contribution in [-0.4, -0.2) is 87.8 Å². The highest BCUT2D eigenvalue weighted by atomic mass is 19.4. The van der Waals surface area contributed by atoms with Gasteiger partial charge < -0.3 is 25.2 Å². The fraction of sp³-hybridized carbons (Fsp3) is 0.476. The zero-order valence-corrected chi connectivity index (χ0v) is 19.1. The van der Waals surface area contributed by atoms with E-state index < -0.39 is 36.9 Å². The number of anilines is 3. The first kappa shape index (κ1) is 25.4. The molecule has 194 valence electrons. The monoisotopic (exact) mass is 511 g/mol. The molecule has 0 aliphatic carbocycles. The van der Waals surface area contributed by atoms with Crippen molar-refractivity contribution in [1.29, 1.82) is 0 Å². The first-order valence-corrected chi connectivity index (χ1v) is 11.1. The van der Waals surface area contributed by atoms with Crippen molar-refractivity contribution in [3.05, 3.63) is 30.1 Å². The molecular weight excluding hydrogens is 487 g/mol. The lowest BCUT2D eigenvalue weighted by molar-refractivity contribution is -0.149. The first-order chi connectivity index (χ1) is 17.1. The summed E-state index contributed by atoms with van der Waals surface area (Å²) in [6.07, 6.45) is -3.79. The summed E-state index contributed by atoms with van der Waals surface area (Å²) in [4.78, 5) is 41.3. The number of pyridine rings is 1. The summed E-state index contributed by atoms with van der Waals surface area (Å²) in [6.45, 7) is 1.25. The average Bonchev–Trinajstić information content (AvgIpc) is 3.25. The molecule has 15 heteroatoms. The van der Waals surface area contributed by atoms with Crippen LogP contribution >= 0.6 is 0 Å². The number of amides is 3. The van der Waals surface area contributed by atoms with E-state index >= 15 is 0 Å². The molecule has 4 N–H and O–H groups in total. The van der Waals surface area contributed by atoms with Gasteiger partial charge in [0.1, 0.15) is 24.4 Å². The molecule has 2 aromatic heterocycles. The number of alkyl halides is 3. The molecule has 36 heavy (non-hydrogen) atoms. The van der Waals surface area contributed by atoms with Gasteiger partial charge in [0.05, 0.1) is 18.3 Å². The Balaban J connectivity index is 1.55. The van der Waals surface area contributed by atoms with Gasteiger partial charge in [0, 0.05) is 25.4 Å². The van der Waals surface area contributed by atoms with Gasteiger partial charge in [-0.25, -0.2) is 14.8 Å². The van der Waals surface area contributed by atoms with Crippen molar-refractivity contribution in [2.45, 2.75) is 37.7 Å². The Hall–Kier alpha value is -3.72. The molecule has 2 bridgehead atoms. The largest absolute Gasteiger partial charge is 0.475 e. The zero-order chi connectivity index (χ0) is 26.0. The fourth-order valence-corrected chi connectivity index (χ4v) is 3.82. The van der Waals surface area contributed by atoms with Crippen LogP contribution in [0.15, 0.2) is 24.4 Å². The quantitative estimate of drug-likeness (QED) is 0.425. The second-order valence-electron chi connectivity index (χ2n) is 8.33. The molecule has 0 saturated carbocycles. The maximum absolute atomic E-state index is 13.2. The smallest absolute Gasteiger partial charge is 0.408 e. The van der Waals surface area contributed by atoms with Crippen LogP contribution in [0.25, 0.3) is 0 Å². The number of nitrogens with zero attached hydrogens (tertiary/aromatic N) is 5. The number of carbonyl (C=O) groups is 2. The van der Waals surface area contributed by atoms with E-state index in [-0.39, 0.29) is 36.0 Å². The van der Waals surface area contributed by atoms with Gasteiger partial charge in [-0.3, -0.25) is 15.0 Å². The van der Waals surface area contributed by atoms with E-state index in [1.807, 2.05) is 10.2 Å². The van der Waals surface area contributed by atoms with E-state index in [0.717, 1.165) is 6.92 Å². The highest BCUT2D eigenvalue weighted by Crippen LogP contribution is 2.39. The molecular formula is C21H24F3N7O5. The molecule has 0 unspecified atom stereocenters. The van der Waals surface area contributed by atoms with Gasteiger partial charge in [-0.05, 0) is 25.5 Å². The number of hydrogen-bond acceptors (Lipinski definition) is 9. The maximum atomic E-state index is 13.2. The lowest BCUT2D eigenvalue weighted by Gasteiger charge is -2.35. The van der Waals surface area contributed by atoms with E-state index in [4.69, 9.17) is 9.84 Å². The number of aliphatic hydroxyl groups excluding tert-OH is 2. The van der Waals surface area contributed by atoms with Gasteiger partial charge in [0.2, 0.25) is 11.8 Å². The van der Waals surface area contributed by atoms with Crippen LogP contribution in [0.2, 0.25) is 0 Å². The van der Waals surface area contributed by atoms with Crippen molar-refractivity contribution in [2.24, 2.45) is 0 Å². The Morgan fingerprint density at radius 2 is 2.06 bits per heavy atom. The van der Waals surface area contributed by atoms with Gasteiger partial charge in [0.15, 0.2) is 5.82 Å². The third-order valence-electron chi connectivity index (χ3n) is 5.73. The number of carbonyl (C=O) groups excluding carboxylic acids is 2. The Bertz CT molecular complexity index is 1140. The summed E-state index contributed by atoms with van der Waals surface area (Å²) >= 11 is 0. The highest BCUT2D eigenvalue weighted by molar-refractivity contribution is 6.04. The van der Waals surface area contributed by atoms with Crippen LogP contribution in [0.1, 0.15) is 23.8 Å². The van der Waals surface area contributed by atoms with Gasteiger partial charge in [0.25, 0.3) is 5.91 Å². The van der Waals surface area contributed by atoms with E-state index in [2.05, 4.69) is 20.3 Å². The van der Waals surface area contributed by atoms with Gasteiger partial charge in [-0.15, -0.1) is 0 Å². The third kappa shape index (κ3) is 5.41. The molecule has 0 aromatic carbocycles. The SMILES string of the molecule is C[C@@H](NC(=O)c1ccc2c(n1)N(C(=O)Nc1nccc(OC[C@H](O)CO)n1)[C@H]1CCN2C1)C(F)(F)F. The lowest BCUT2D eigenvalue weighted by Crippen LogP contribution is -2.49. The van der Waals surface area contributed by atoms with E-state index in [0.29, 0.717) is 25.2 Å². The molecule has 1 saturated heterocycles. The molecule has 2 aliphatic rings. The molecule has 3 atom stereocenters. The number of halogens is 3. The Kier molecular flexibility index (Phi) is 7.12. The van der Waals surface area contributed by atoms with Crippen molar-refractivity contribution in [3.63, 3.8) is 0 Å². The Morgan fingerprint density at radius 3 is 2.78 bits per heavy atom. The summed E-state index contributed by atoms with van der Waals surface area (Å²) in [5.41, 5.74) is 0.301. The standard InChI is InChI=1S/C21H24F3N7O5/c1-11(21(22,23)24)26-18(34)14-2-3-15-17(27-14)31(12-5-7-30(15)8-12)20(35)29-19-25-6-4-16(28-19)36-10-13(33)9-32/h2-4,6,11-13,32-33H,5,7-10H2,1H3,(H,26,34)(H,25,28,29,35)/t11-,12+,13-/m1/s1. The predicted molar refractivity (Wildman–Crippen MR) is 120 cm³/mol. The van der Waals surface area contributed by atoms with Crippen LogP contribution in [0.5, 0.6) is 5.88 Å². The van der Waals surface area contributed by atoms with Crippen LogP contribution in [0.4, 0.5) is 35.4 Å². The number of hydrogen-bond donors (Lipinski definition) is 4. The van der Waals surface area contributed by atoms with E-state index in [1.54, 1.807) is 6.07 Å². The number of aliphatic hydroxyl groups is 2. The number of ether oxygens (including phenoxy) is 1. The van der Waals surface area contributed by atoms with Crippen LogP contribution in [0, 0.1) is 0 Å². The van der Waals surface area contributed by atoms with Crippen molar-refractivity contribution in [2.75, 3.05) is 41.4 Å². The molecule has 4 heterocycles. The van der Waals surface area contributed by atoms with E-state index in [1.165, 1.54) is 23.2 Å². The number of rotatable bonds is 7. The van der Waals surface area contributed by atoms with Crippen LogP contribution in [0.3, 0.4) is 0 Å². The fourth-order valence-electron chi connectivity index (χ4n) is 3.82. The molecule has 2 aromatic rings. The molecule has 3 amide bonds. The molecule has 1 fully saturated rings. The minimum atomic E-state index is -4.62. The second kappa shape index (κ2) is 10.1. The third-order valence-corrected chi connectivity index (χ3v) is 5.73. The maximum Gasteiger partial charge on any atom is 0.408 e. The van der Waals surface area contributed by atoms with Crippen molar-refractivity contribution in [1.82, 2.24) is 20.3 Å². The van der Waals surface area contributed by atoms with Crippen LogP contribution in [-0.2, 0) is 0 Å². The summed E-state index contributed by atoms with van der Waals surface area (Å²) in [7, 11) is 0. The minimum Gasteiger partial charge on any atom is -0.475 e. The Labute approximate surface area is 203 Å². The van der Waals surface area contributed by atoms with E-state index in [9.17, 15) is 27.9 Å². The topological polar surface area (TPSA) is 153 Å². The number of aromatic nitrogens is 3. The molecule has 0 radical (unpaired) electrons. The minimum absolute atomic E-state index is 0.0507. The number of urea groups is 1. The molecule has 4 rings (SSSR count). The summed E-state index contributed by atoms with van der Waals surface area (Å²) in [5, 5.41) is 22.7. The van der Waals surface area contributed by atoms with Crippen molar-refractivity contribution in [3.8, 4) is 5.88 Å². The van der Waals surface area contributed by atoms with Gasteiger partial charge in [-0.1, -0.05) is 0 Å². The first-order valence-electron chi connectivity index (χ1n) is 11.1. The van der Waals surface area contributed by atoms with Crippen molar-refractivity contribution >= 4 is 29.4 Å². The zero-order valence-electron chi connectivity index (χ0n) is 19.1. The number of fused-ring (bicyclic) bond motifs is 4. The highest BCUT2D eigenvalue weighted by Gasteiger charge is 2.41. The molecule has 0 spiro atoms. The summed E-state index contributed by atoms with van der Waals surface area (Å²) < 4.78 is 43.9. The summed E-state index contributed by atoms with van der Waals surface area (Å²) in [5.74, 6) is -0.943. The number of nitrogens with one attached hydrogen (secondary N) is 2. The molecule has 2 aliphatic heterocycles. The average molecular weight is 511 g/mol. The lowest BCUT2D eigenvalue weighted by atomic mass is 10.1. The normalized spacial score (nSPS) is 18.3. The van der Waals surface area contributed by atoms with Crippen molar-refractivity contribution < 1.29 is 37.7 Å². The second-order valence-corrected chi connectivity index (χ2v) is 8.33. The van der Waals surface area contributed by atoms with Gasteiger partial charge >= 0.3 is 12.2 Å². The van der Waals surface area contributed by atoms with Crippen LogP contribution < -0.4 is 25.2 Å².